The Bertz CT molecular complexity index is 542. The molecule has 1 aromatic rings. The molecule has 17 heavy (non-hydrogen) atoms. The van der Waals surface area contributed by atoms with E-state index in [9.17, 15) is 9.59 Å². The molecule has 0 radical (unpaired) electrons. The van der Waals surface area contributed by atoms with Crippen LogP contribution in [0.3, 0.4) is 0 Å². The number of aryl methyl sites for hydroxylation is 1. The van der Waals surface area contributed by atoms with Crippen molar-refractivity contribution < 1.29 is 14.6 Å². The quantitative estimate of drug-likeness (QED) is 0.770. The van der Waals surface area contributed by atoms with E-state index in [0.29, 0.717) is 24.3 Å². The van der Waals surface area contributed by atoms with Crippen LogP contribution >= 0.6 is 0 Å². The van der Waals surface area contributed by atoms with E-state index in [-0.39, 0.29) is 5.56 Å². The van der Waals surface area contributed by atoms with Crippen molar-refractivity contribution >= 4 is 5.97 Å². The molecule has 1 aliphatic heterocycles. The van der Waals surface area contributed by atoms with E-state index in [4.69, 9.17) is 9.84 Å². The maximum absolute atomic E-state index is 11.7. The molecule has 2 N–H and O–H groups in total. The van der Waals surface area contributed by atoms with Crippen molar-refractivity contribution in [2.75, 3.05) is 0 Å². The fourth-order valence-electron chi connectivity index (χ4n) is 2.18. The normalized spacial score (nSPS) is 17.6. The van der Waals surface area contributed by atoms with E-state index in [0.717, 1.165) is 5.56 Å². The Labute approximate surface area is 98.4 Å². The van der Waals surface area contributed by atoms with Crippen molar-refractivity contribution in [3.63, 3.8) is 0 Å². The van der Waals surface area contributed by atoms with Crippen LogP contribution in [-0.4, -0.2) is 21.7 Å². The van der Waals surface area contributed by atoms with Gasteiger partial charge in [0.1, 0.15) is 5.56 Å². The molecule has 0 saturated carbocycles. The summed E-state index contributed by atoms with van der Waals surface area (Å²) in [6.07, 6.45) is 0.439. The molecule has 2 heterocycles. The van der Waals surface area contributed by atoms with Crippen LogP contribution in [0.15, 0.2) is 4.79 Å². The van der Waals surface area contributed by atoms with Gasteiger partial charge in [-0.2, -0.15) is 0 Å². The van der Waals surface area contributed by atoms with E-state index in [2.05, 4.69) is 4.98 Å². The Hall–Kier alpha value is -1.62. The number of aromatic nitrogens is 1. The minimum absolute atomic E-state index is 0.151. The molecule has 5 nitrogen and oxygen atoms in total. The number of H-pyrrole nitrogens is 1. The molecule has 0 aromatic carbocycles. The van der Waals surface area contributed by atoms with Gasteiger partial charge in [-0.15, -0.1) is 0 Å². The number of carbonyl (C=O) groups is 1. The summed E-state index contributed by atoms with van der Waals surface area (Å²) in [5.41, 5.74) is 0.965. The number of hydrogen-bond acceptors (Lipinski definition) is 3. The maximum atomic E-state index is 11.7. The number of carboxylic acid groups (broad SMARTS) is 1. The van der Waals surface area contributed by atoms with E-state index in [1.54, 1.807) is 6.92 Å². The first-order valence-electron chi connectivity index (χ1n) is 5.44. The van der Waals surface area contributed by atoms with Crippen molar-refractivity contribution in [1.29, 1.82) is 0 Å². The van der Waals surface area contributed by atoms with Crippen molar-refractivity contribution in [2.24, 2.45) is 0 Å². The highest BCUT2D eigenvalue weighted by molar-refractivity contribution is 5.89. The Morgan fingerprint density at radius 3 is 2.65 bits per heavy atom. The molecule has 2 rings (SSSR count). The first-order valence-corrected chi connectivity index (χ1v) is 5.44. The fourth-order valence-corrected chi connectivity index (χ4v) is 2.18. The van der Waals surface area contributed by atoms with Crippen molar-refractivity contribution in [2.45, 2.75) is 39.4 Å². The van der Waals surface area contributed by atoms with E-state index >= 15 is 0 Å². The van der Waals surface area contributed by atoms with Crippen LogP contribution in [0.2, 0.25) is 0 Å². The SMILES string of the molecule is Cc1[nH]c(=O)c(C(=O)O)c2c1COC(C)(C)C2. The molecule has 0 atom stereocenters. The van der Waals surface area contributed by atoms with Gasteiger partial charge in [0.25, 0.3) is 5.56 Å². The maximum Gasteiger partial charge on any atom is 0.341 e. The molecule has 1 aromatic heterocycles. The summed E-state index contributed by atoms with van der Waals surface area (Å²) in [7, 11) is 0. The van der Waals surface area contributed by atoms with Gasteiger partial charge in [0.2, 0.25) is 0 Å². The topological polar surface area (TPSA) is 79.4 Å². The Balaban J connectivity index is 2.71. The monoisotopic (exact) mass is 237 g/mol. The fraction of sp³-hybridized carbons (Fsp3) is 0.500. The van der Waals surface area contributed by atoms with Crippen molar-refractivity contribution in [3.05, 3.63) is 32.7 Å². The van der Waals surface area contributed by atoms with Crippen LogP contribution in [0.5, 0.6) is 0 Å². The number of pyridine rings is 1. The summed E-state index contributed by atoms with van der Waals surface area (Å²) < 4.78 is 5.63. The predicted octanol–water partition coefficient (Wildman–Crippen LogP) is 1.23. The first kappa shape index (κ1) is 11.9. The number of ether oxygens (including phenoxy) is 1. The summed E-state index contributed by atoms with van der Waals surface area (Å²) in [6, 6.07) is 0. The lowest BCUT2D eigenvalue weighted by molar-refractivity contribution is -0.0408. The first-order chi connectivity index (χ1) is 7.82. The molecule has 0 amide bonds. The average Bonchev–Trinajstić information content (AvgIpc) is 2.14. The summed E-state index contributed by atoms with van der Waals surface area (Å²) >= 11 is 0. The molecule has 5 heteroatoms. The molecule has 1 aliphatic rings. The molecule has 0 unspecified atom stereocenters. The highest BCUT2D eigenvalue weighted by Crippen LogP contribution is 2.29. The number of fused-ring (bicyclic) bond motifs is 1. The third-order valence-electron chi connectivity index (χ3n) is 3.07. The second-order valence-electron chi connectivity index (χ2n) is 4.94. The minimum Gasteiger partial charge on any atom is -0.477 e. The average molecular weight is 237 g/mol. The lowest BCUT2D eigenvalue weighted by Gasteiger charge is -2.33. The summed E-state index contributed by atoms with van der Waals surface area (Å²) in [6.45, 7) is 5.87. The molecule has 92 valence electrons. The van der Waals surface area contributed by atoms with Crippen LogP contribution in [0.1, 0.15) is 41.0 Å². The molecular formula is C12H15NO4. The zero-order valence-corrected chi connectivity index (χ0v) is 10.1. The van der Waals surface area contributed by atoms with Gasteiger partial charge >= 0.3 is 5.97 Å². The zero-order valence-electron chi connectivity index (χ0n) is 10.1. The van der Waals surface area contributed by atoms with Crippen LogP contribution in [-0.2, 0) is 17.8 Å². The van der Waals surface area contributed by atoms with Crippen molar-refractivity contribution in [1.82, 2.24) is 4.98 Å². The summed E-state index contributed by atoms with van der Waals surface area (Å²) in [4.78, 5) is 25.4. The molecular weight excluding hydrogens is 222 g/mol. The largest absolute Gasteiger partial charge is 0.477 e. The van der Waals surface area contributed by atoms with Gasteiger partial charge in [-0.3, -0.25) is 4.79 Å². The Kier molecular flexibility index (Phi) is 2.58. The predicted molar refractivity (Wildman–Crippen MR) is 61.3 cm³/mol. The van der Waals surface area contributed by atoms with Gasteiger partial charge in [0, 0.05) is 17.7 Å². The van der Waals surface area contributed by atoms with E-state index in [1.165, 1.54) is 0 Å². The number of carboxylic acids is 1. The standard InChI is InChI=1S/C12H15NO4/c1-6-8-5-17-12(2,3)4-7(8)9(11(15)16)10(14)13-6/h4-5H2,1-3H3,(H,13,14)(H,15,16). The van der Waals surface area contributed by atoms with Gasteiger partial charge in [-0.1, -0.05) is 0 Å². The number of aromatic carboxylic acids is 1. The minimum atomic E-state index is -1.18. The lowest BCUT2D eigenvalue weighted by atomic mass is 9.88. The third kappa shape index (κ3) is 1.98. The lowest BCUT2D eigenvalue weighted by Crippen LogP contribution is -2.36. The summed E-state index contributed by atoms with van der Waals surface area (Å²) in [5.74, 6) is -1.18. The van der Waals surface area contributed by atoms with Gasteiger partial charge < -0.3 is 14.8 Å². The molecule has 0 spiro atoms. The number of aromatic amines is 1. The number of rotatable bonds is 1. The van der Waals surface area contributed by atoms with Crippen LogP contribution in [0, 0.1) is 6.92 Å². The third-order valence-corrected chi connectivity index (χ3v) is 3.07. The zero-order chi connectivity index (χ0) is 12.8. The second kappa shape index (κ2) is 3.70. The molecule has 0 bridgehead atoms. The smallest absolute Gasteiger partial charge is 0.341 e. The van der Waals surface area contributed by atoms with Crippen LogP contribution in [0.4, 0.5) is 0 Å². The molecule has 0 fully saturated rings. The highest BCUT2D eigenvalue weighted by Gasteiger charge is 2.32. The Morgan fingerprint density at radius 1 is 1.41 bits per heavy atom. The Morgan fingerprint density at radius 2 is 2.06 bits per heavy atom. The van der Waals surface area contributed by atoms with Gasteiger partial charge in [-0.25, -0.2) is 4.79 Å². The van der Waals surface area contributed by atoms with Gasteiger partial charge in [0.15, 0.2) is 0 Å². The number of nitrogens with one attached hydrogen (secondary N) is 1. The van der Waals surface area contributed by atoms with Gasteiger partial charge in [-0.05, 0) is 26.3 Å². The molecule has 0 saturated heterocycles. The molecule has 0 aliphatic carbocycles. The van der Waals surface area contributed by atoms with E-state index in [1.807, 2.05) is 13.8 Å². The second-order valence-corrected chi connectivity index (χ2v) is 4.94. The number of hydrogen-bond donors (Lipinski definition) is 2. The van der Waals surface area contributed by atoms with Gasteiger partial charge in [0.05, 0.1) is 12.2 Å². The summed E-state index contributed by atoms with van der Waals surface area (Å²) in [5, 5.41) is 9.12. The van der Waals surface area contributed by atoms with Crippen LogP contribution < -0.4 is 5.56 Å². The van der Waals surface area contributed by atoms with Crippen molar-refractivity contribution in [3.8, 4) is 0 Å². The highest BCUT2D eigenvalue weighted by atomic mass is 16.5. The van der Waals surface area contributed by atoms with E-state index < -0.39 is 17.1 Å². The van der Waals surface area contributed by atoms with Crippen LogP contribution in [0.25, 0.3) is 0 Å².